The molecule has 0 atom stereocenters. The van der Waals surface area contributed by atoms with Crippen molar-refractivity contribution in [2.45, 2.75) is 37.9 Å². The Morgan fingerprint density at radius 2 is 1.71 bits per heavy atom. The summed E-state index contributed by atoms with van der Waals surface area (Å²) >= 11 is 0. The summed E-state index contributed by atoms with van der Waals surface area (Å²) < 4.78 is 37.9. The van der Waals surface area contributed by atoms with Crippen LogP contribution in [0.3, 0.4) is 0 Å². The molecule has 3 rings (SSSR count). The van der Waals surface area contributed by atoms with Crippen molar-refractivity contribution in [2.24, 2.45) is 0 Å². The molecule has 1 heterocycles. The Balaban J connectivity index is 1.58. The number of ether oxygens (including phenoxy) is 2. The number of rotatable bonds is 8. The van der Waals surface area contributed by atoms with Gasteiger partial charge in [-0.1, -0.05) is 30.3 Å². The molecule has 152 valence electrons. The smallest absolute Gasteiger partial charge is 0.243 e. The molecule has 1 N–H and O–H groups in total. The van der Waals surface area contributed by atoms with Gasteiger partial charge in [0.2, 0.25) is 10.0 Å². The topological polar surface area (TPSA) is 67.9 Å². The van der Waals surface area contributed by atoms with E-state index in [1.165, 1.54) is 4.31 Å². The van der Waals surface area contributed by atoms with Crippen molar-refractivity contribution in [3.05, 3.63) is 59.7 Å². The third-order valence-electron chi connectivity index (χ3n) is 4.51. The molecule has 0 radical (unpaired) electrons. The van der Waals surface area contributed by atoms with Crippen molar-refractivity contribution < 1.29 is 17.9 Å². The van der Waals surface area contributed by atoms with Crippen molar-refractivity contribution in [2.75, 3.05) is 26.3 Å². The van der Waals surface area contributed by atoms with Crippen molar-refractivity contribution in [1.29, 1.82) is 0 Å². The molecule has 1 aliphatic rings. The first-order valence-corrected chi connectivity index (χ1v) is 11.0. The second-order valence-corrected chi connectivity index (χ2v) is 8.98. The lowest BCUT2D eigenvalue weighted by molar-refractivity contribution is 0.0730. The highest BCUT2D eigenvalue weighted by Gasteiger charge is 2.25. The average molecular weight is 405 g/mol. The van der Waals surface area contributed by atoms with Crippen LogP contribution in [-0.2, 0) is 27.8 Å². The lowest BCUT2D eigenvalue weighted by Crippen LogP contribution is -2.40. The maximum absolute atomic E-state index is 12.7. The van der Waals surface area contributed by atoms with E-state index in [1.54, 1.807) is 12.1 Å². The number of hydrogen-bond donors (Lipinski definition) is 1. The molecule has 28 heavy (non-hydrogen) atoms. The molecule has 0 unspecified atom stereocenters. The summed E-state index contributed by atoms with van der Waals surface area (Å²) in [6, 6.07) is 15.1. The standard InChI is InChI=1S/C21H28N2O4S/c1-17(2)27-21-6-4-3-5-19(21)16-22-15-18-7-9-20(10-8-18)28(24,25)23-11-13-26-14-12-23/h3-10,17,22H,11-16H2,1-2H3. The highest BCUT2D eigenvalue weighted by Crippen LogP contribution is 2.20. The lowest BCUT2D eigenvalue weighted by atomic mass is 10.2. The third-order valence-corrected chi connectivity index (χ3v) is 6.42. The Morgan fingerprint density at radius 3 is 2.39 bits per heavy atom. The largest absolute Gasteiger partial charge is 0.491 e. The van der Waals surface area contributed by atoms with E-state index < -0.39 is 10.0 Å². The van der Waals surface area contributed by atoms with Crippen LogP contribution in [0.25, 0.3) is 0 Å². The zero-order valence-electron chi connectivity index (χ0n) is 16.4. The molecule has 0 saturated carbocycles. The third kappa shape index (κ3) is 5.32. The molecule has 0 aromatic heterocycles. The summed E-state index contributed by atoms with van der Waals surface area (Å²) in [7, 11) is -3.44. The van der Waals surface area contributed by atoms with Crippen LogP contribution in [0.15, 0.2) is 53.4 Å². The zero-order chi connectivity index (χ0) is 20.0. The number of nitrogens with zero attached hydrogens (tertiary/aromatic N) is 1. The fourth-order valence-corrected chi connectivity index (χ4v) is 4.48. The molecule has 2 aromatic rings. The Hall–Kier alpha value is -1.93. The highest BCUT2D eigenvalue weighted by molar-refractivity contribution is 7.89. The van der Waals surface area contributed by atoms with E-state index in [0.29, 0.717) is 44.3 Å². The van der Waals surface area contributed by atoms with Gasteiger partial charge in [-0.25, -0.2) is 8.42 Å². The molecule has 0 aliphatic carbocycles. The van der Waals surface area contributed by atoms with Crippen LogP contribution >= 0.6 is 0 Å². The highest BCUT2D eigenvalue weighted by atomic mass is 32.2. The average Bonchev–Trinajstić information content (AvgIpc) is 2.70. The first kappa shape index (κ1) is 20.8. The Labute approximate surface area is 167 Å². The molecule has 0 bridgehead atoms. The second kappa shape index (κ2) is 9.52. The SMILES string of the molecule is CC(C)Oc1ccccc1CNCc1ccc(S(=O)(=O)N2CCOCC2)cc1. The Kier molecular flexibility index (Phi) is 7.07. The van der Waals surface area contributed by atoms with E-state index in [9.17, 15) is 8.42 Å². The van der Waals surface area contributed by atoms with Gasteiger partial charge in [0.15, 0.2) is 0 Å². The molecule has 0 spiro atoms. The summed E-state index contributed by atoms with van der Waals surface area (Å²) in [5.74, 6) is 0.886. The van der Waals surface area contributed by atoms with Gasteiger partial charge in [-0.2, -0.15) is 4.31 Å². The normalized spacial score (nSPS) is 15.7. The van der Waals surface area contributed by atoms with Crippen LogP contribution in [0.1, 0.15) is 25.0 Å². The Morgan fingerprint density at radius 1 is 1.04 bits per heavy atom. The zero-order valence-corrected chi connectivity index (χ0v) is 17.2. The van der Waals surface area contributed by atoms with Gasteiger partial charge in [-0.3, -0.25) is 0 Å². The minimum atomic E-state index is -3.44. The molecule has 2 aromatic carbocycles. The van der Waals surface area contributed by atoms with Crippen LogP contribution in [-0.4, -0.2) is 45.1 Å². The van der Waals surface area contributed by atoms with Gasteiger partial charge in [0.05, 0.1) is 24.2 Å². The first-order valence-electron chi connectivity index (χ1n) is 9.59. The van der Waals surface area contributed by atoms with Gasteiger partial charge < -0.3 is 14.8 Å². The predicted octanol–water partition coefficient (Wildman–Crippen LogP) is 2.78. The van der Waals surface area contributed by atoms with Crippen LogP contribution < -0.4 is 10.1 Å². The molecule has 6 nitrogen and oxygen atoms in total. The van der Waals surface area contributed by atoms with Crippen LogP contribution in [0.2, 0.25) is 0 Å². The van der Waals surface area contributed by atoms with Gasteiger partial charge in [0, 0.05) is 31.7 Å². The first-order chi connectivity index (χ1) is 13.5. The van der Waals surface area contributed by atoms with Gasteiger partial charge in [-0.15, -0.1) is 0 Å². The molecule has 1 aliphatic heterocycles. The second-order valence-electron chi connectivity index (χ2n) is 7.04. The molecular formula is C21H28N2O4S. The predicted molar refractivity (Wildman–Crippen MR) is 109 cm³/mol. The quantitative estimate of drug-likeness (QED) is 0.733. The number of benzene rings is 2. The van der Waals surface area contributed by atoms with Gasteiger partial charge in [0.25, 0.3) is 0 Å². The summed E-state index contributed by atoms with van der Waals surface area (Å²) in [6.45, 7) is 7.05. The van der Waals surface area contributed by atoms with Gasteiger partial charge in [0.1, 0.15) is 5.75 Å². The van der Waals surface area contributed by atoms with Gasteiger partial charge >= 0.3 is 0 Å². The Bertz CT molecular complexity index is 860. The number of nitrogens with one attached hydrogen (secondary N) is 1. The summed E-state index contributed by atoms with van der Waals surface area (Å²) in [5, 5.41) is 3.40. The maximum Gasteiger partial charge on any atom is 0.243 e. The fraction of sp³-hybridized carbons (Fsp3) is 0.429. The minimum Gasteiger partial charge on any atom is -0.491 e. The van der Waals surface area contributed by atoms with Gasteiger partial charge in [-0.05, 0) is 37.6 Å². The monoisotopic (exact) mass is 404 g/mol. The molecule has 1 fully saturated rings. The van der Waals surface area contributed by atoms with Crippen LogP contribution in [0, 0.1) is 0 Å². The molecular weight excluding hydrogens is 376 g/mol. The number of hydrogen-bond acceptors (Lipinski definition) is 5. The van der Waals surface area contributed by atoms with Crippen molar-refractivity contribution >= 4 is 10.0 Å². The van der Waals surface area contributed by atoms with Crippen molar-refractivity contribution in [1.82, 2.24) is 9.62 Å². The van der Waals surface area contributed by atoms with Crippen LogP contribution in [0.4, 0.5) is 0 Å². The molecule has 7 heteroatoms. The van der Waals surface area contributed by atoms with Crippen LogP contribution in [0.5, 0.6) is 5.75 Å². The van der Waals surface area contributed by atoms with E-state index in [-0.39, 0.29) is 6.10 Å². The summed E-state index contributed by atoms with van der Waals surface area (Å²) in [6.07, 6.45) is 0.127. The molecule has 1 saturated heterocycles. The molecule has 0 amide bonds. The number of para-hydroxylation sites is 1. The summed E-state index contributed by atoms with van der Waals surface area (Å²) in [5.41, 5.74) is 2.13. The summed E-state index contributed by atoms with van der Waals surface area (Å²) in [4.78, 5) is 0.328. The maximum atomic E-state index is 12.7. The van der Waals surface area contributed by atoms with E-state index >= 15 is 0 Å². The van der Waals surface area contributed by atoms with E-state index in [2.05, 4.69) is 5.32 Å². The minimum absolute atomic E-state index is 0.127. The fourth-order valence-electron chi connectivity index (χ4n) is 3.08. The van der Waals surface area contributed by atoms with E-state index in [1.807, 2.05) is 50.2 Å². The van der Waals surface area contributed by atoms with Crippen molar-refractivity contribution in [3.63, 3.8) is 0 Å². The lowest BCUT2D eigenvalue weighted by Gasteiger charge is -2.26. The van der Waals surface area contributed by atoms with E-state index in [0.717, 1.165) is 16.9 Å². The number of morpholine rings is 1. The number of sulfonamides is 1. The van der Waals surface area contributed by atoms with E-state index in [4.69, 9.17) is 9.47 Å². The van der Waals surface area contributed by atoms with Crippen molar-refractivity contribution in [3.8, 4) is 5.75 Å².